The van der Waals surface area contributed by atoms with Gasteiger partial charge >= 0.3 is 0 Å². The van der Waals surface area contributed by atoms with Crippen molar-refractivity contribution in [2.24, 2.45) is 0 Å². The van der Waals surface area contributed by atoms with Gasteiger partial charge in [0.15, 0.2) is 0 Å². The van der Waals surface area contributed by atoms with Crippen molar-refractivity contribution in [3.63, 3.8) is 0 Å². The first-order valence-electron chi connectivity index (χ1n) is 5.15. The maximum absolute atomic E-state index is 12.0. The van der Waals surface area contributed by atoms with Crippen LogP contribution < -0.4 is 5.32 Å². The number of carbonyl (C=O) groups is 1. The second-order valence-corrected chi connectivity index (χ2v) is 5.03. The van der Waals surface area contributed by atoms with Gasteiger partial charge in [0, 0.05) is 5.69 Å². The van der Waals surface area contributed by atoms with Gasteiger partial charge in [-0.25, -0.2) is 0 Å². The summed E-state index contributed by atoms with van der Waals surface area (Å²) in [5.74, 6) is -0.166. The third-order valence-electron chi connectivity index (χ3n) is 2.46. The van der Waals surface area contributed by atoms with Crippen molar-refractivity contribution in [2.75, 3.05) is 5.32 Å². The molecule has 2 N–H and O–H groups in total. The van der Waals surface area contributed by atoms with Crippen molar-refractivity contribution in [1.29, 1.82) is 0 Å². The van der Waals surface area contributed by atoms with E-state index in [2.05, 4.69) is 38.1 Å². The van der Waals surface area contributed by atoms with Crippen LogP contribution in [0.15, 0.2) is 24.4 Å². The number of rotatable bonds is 2. The van der Waals surface area contributed by atoms with Gasteiger partial charge in [-0.1, -0.05) is 12.1 Å². The Balaban J connectivity index is 2.24. The van der Waals surface area contributed by atoms with Crippen molar-refractivity contribution in [3.05, 3.63) is 44.8 Å². The zero-order valence-electron chi connectivity index (χ0n) is 9.54. The normalized spacial score (nSPS) is 10.3. The fourth-order valence-corrected chi connectivity index (χ4v) is 1.99. The summed E-state index contributed by atoms with van der Waals surface area (Å²) in [5.41, 5.74) is 3.48. The van der Waals surface area contributed by atoms with Crippen LogP contribution in [0.5, 0.6) is 0 Å². The summed E-state index contributed by atoms with van der Waals surface area (Å²) < 4.78 is 0.811. The van der Waals surface area contributed by atoms with Crippen LogP contribution in [-0.2, 0) is 0 Å². The Labute approximate surface area is 113 Å². The number of aryl methyl sites for hydroxylation is 2. The molecule has 0 spiro atoms. The molecule has 1 aromatic carbocycles. The molecular formula is C12H12IN3O. The van der Waals surface area contributed by atoms with Crippen LogP contribution in [0, 0.1) is 17.4 Å². The number of hydrogen-bond donors (Lipinski definition) is 2. The largest absolute Gasteiger partial charge is 0.320 e. The second-order valence-electron chi connectivity index (χ2n) is 3.87. The zero-order valence-corrected chi connectivity index (χ0v) is 11.7. The minimum absolute atomic E-state index is 0.166. The van der Waals surface area contributed by atoms with E-state index in [1.807, 2.05) is 32.0 Å². The molecule has 1 aromatic heterocycles. The predicted octanol–water partition coefficient (Wildman–Crippen LogP) is 2.88. The molecule has 0 aliphatic heterocycles. The van der Waals surface area contributed by atoms with E-state index in [9.17, 15) is 4.79 Å². The molecule has 0 saturated heterocycles. The Morgan fingerprint density at radius 3 is 2.82 bits per heavy atom. The molecule has 0 aliphatic carbocycles. The van der Waals surface area contributed by atoms with Crippen LogP contribution in [0.2, 0.25) is 0 Å². The van der Waals surface area contributed by atoms with Crippen LogP contribution in [0.1, 0.15) is 21.6 Å². The first-order chi connectivity index (χ1) is 8.08. The third kappa shape index (κ3) is 2.66. The predicted molar refractivity (Wildman–Crippen MR) is 75.2 cm³/mol. The second kappa shape index (κ2) is 4.87. The van der Waals surface area contributed by atoms with Crippen molar-refractivity contribution < 1.29 is 4.79 Å². The number of aromatic nitrogens is 2. The van der Waals surface area contributed by atoms with E-state index in [1.54, 1.807) is 6.20 Å². The number of anilines is 1. The highest BCUT2D eigenvalue weighted by atomic mass is 127. The standard InChI is InChI=1S/C12H12IN3O/c1-7-3-4-8(2)10(5-7)15-12(17)11-9(13)6-14-16-11/h3-6H,1-2H3,(H,14,16)(H,15,17). The maximum atomic E-state index is 12.0. The lowest BCUT2D eigenvalue weighted by Crippen LogP contribution is -2.14. The highest BCUT2D eigenvalue weighted by Gasteiger charge is 2.12. The number of nitrogens with zero attached hydrogens (tertiary/aromatic N) is 1. The van der Waals surface area contributed by atoms with Crippen LogP contribution in [-0.4, -0.2) is 16.1 Å². The summed E-state index contributed by atoms with van der Waals surface area (Å²) in [6.07, 6.45) is 1.62. The lowest BCUT2D eigenvalue weighted by atomic mass is 10.1. The maximum Gasteiger partial charge on any atom is 0.274 e. The summed E-state index contributed by atoms with van der Waals surface area (Å²) in [4.78, 5) is 12.0. The van der Waals surface area contributed by atoms with E-state index < -0.39 is 0 Å². The molecule has 0 fully saturated rings. The van der Waals surface area contributed by atoms with Gasteiger partial charge in [0.2, 0.25) is 0 Å². The van der Waals surface area contributed by atoms with Gasteiger partial charge in [0.1, 0.15) is 5.69 Å². The highest BCUT2D eigenvalue weighted by Crippen LogP contribution is 2.18. The van der Waals surface area contributed by atoms with Crippen molar-refractivity contribution in [2.45, 2.75) is 13.8 Å². The van der Waals surface area contributed by atoms with Gasteiger partial charge in [-0.2, -0.15) is 5.10 Å². The van der Waals surface area contributed by atoms with Gasteiger partial charge in [-0.15, -0.1) is 0 Å². The molecule has 2 aromatic rings. The average Bonchev–Trinajstić information content (AvgIpc) is 2.70. The third-order valence-corrected chi connectivity index (χ3v) is 3.28. The van der Waals surface area contributed by atoms with E-state index in [0.717, 1.165) is 20.4 Å². The van der Waals surface area contributed by atoms with Crippen LogP contribution >= 0.6 is 22.6 Å². The molecule has 0 unspecified atom stereocenters. The summed E-state index contributed by atoms with van der Waals surface area (Å²) in [6, 6.07) is 5.96. The zero-order chi connectivity index (χ0) is 12.4. The Kier molecular flexibility index (Phi) is 3.46. The highest BCUT2D eigenvalue weighted by molar-refractivity contribution is 14.1. The molecule has 1 amide bonds. The lowest BCUT2D eigenvalue weighted by molar-refractivity contribution is 0.102. The number of halogens is 1. The molecule has 2 rings (SSSR count). The fourth-order valence-electron chi connectivity index (χ4n) is 1.49. The molecule has 0 saturated carbocycles. The number of benzene rings is 1. The topological polar surface area (TPSA) is 57.8 Å². The number of carbonyl (C=O) groups excluding carboxylic acids is 1. The number of H-pyrrole nitrogens is 1. The average molecular weight is 341 g/mol. The van der Waals surface area contributed by atoms with E-state index in [4.69, 9.17) is 0 Å². The van der Waals surface area contributed by atoms with Crippen LogP contribution in [0.4, 0.5) is 5.69 Å². The molecule has 4 nitrogen and oxygen atoms in total. The smallest absolute Gasteiger partial charge is 0.274 e. The quantitative estimate of drug-likeness (QED) is 0.826. The van der Waals surface area contributed by atoms with Gasteiger partial charge in [0.05, 0.1) is 9.77 Å². The molecule has 0 atom stereocenters. The fraction of sp³-hybridized carbons (Fsp3) is 0.167. The van der Waals surface area contributed by atoms with Gasteiger partial charge in [0.25, 0.3) is 5.91 Å². The van der Waals surface area contributed by atoms with Crippen LogP contribution in [0.3, 0.4) is 0 Å². The molecule has 0 bridgehead atoms. The molecular weight excluding hydrogens is 329 g/mol. The number of hydrogen-bond acceptors (Lipinski definition) is 2. The summed E-state index contributed by atoms with van der Waals surface area (Å²) in [6.45, 7) is 3.96. The molecule has 5 heteroatoms. The first kappa shape index (κ1) is 12.1. The molecule has 0 radical (unpaired) electrons. The van der Waals surface area contributed by atoms with Crippen LogP contribution in [0.25, 0.3) is 0 Å². The van der Waals surface area contributed by atoms with Crippen molar-refractivity contribution >= 4 is 34.2 Å². The first-order valence-corrected chi connectivity index (χ1v) is 6.23. The van der Waals surface area contributed by atoms with Gasteiger partial charge in [-0.3, -0.25) is 9.89 Å². The van der Waals surface area contributed by atoms with Crippen molar-refractivity contribution in [3.8, 4) is 0 Å². The molecule has 88 valence electrons. The molecule has 17 heavy (non-hydrogen) atoms. The Morgan fingerprint density at radius 2 is 2.18 bits per heavy atom. The monoisotopic (exact) mass is 341 g/mol. The number of nitrogens with one attached hydrogen (secondary N) is 2. The SMILES string of the molecule is Cc1ccc(C)c(NC(=O)c2[nH]ncc2I)c1. The summed E-state index contributed by atoms with van der Waals surface area (Å²) >= 11 is 2.07. The number of amides is 1. The summed E-state index contributed by atoms with van der Waals surface area (Å²) in [5, 5.41) is 9.40. The van der Waals surface area contributed by atoms with Gasteiger partial charge < -0.3 is 5.32 Å². The van der Waals surface area contributed by atoms with E-state index in [1.165, 1.54) is 0 Å². The van der Waals surface area contributed by atoms with E-state index >= 15 is 0 Å². The molecule has 0 aliphatic rings. The Hall–Kier alpha value is -1.37. The molecule has 1 heterocycles. The van der Waals surface area contributed by atoms with Gasteiger partial charge in [-0.05, 0) is 53.6 Å². The Bertz CT molecular complexity index is 563. The summed E-state index contributed by atoms with van der Waals surface area (Å²) in [7, 11) is 0. The van der Waals surface area contributed by atoms with E-state index in [-0.39, 0.29) is 5.91 Å². The van der Waals surface area contributed by atoms with Crippen molar-refractivity contribution in [1.82, 2.24) is 10.2 Å². The van der Waals surface area contributed by atoms with E-state index in [0.29, 0.717) is 5.69 Å². The lowest BCUT2D eigenvalue weighted by Gasteiger charge is -2.08. The number of aromatic amines is 1. The minimum atomic E-state index is -0.166. The Morgan fingerprint density at radius 1 is 1.41 bits per heavy atom. The minimum Gasteiger partial charge on any atom is -0.320 e.